The SMILES string of the molecule is CN1C(=O)C2(CCC2)CN(C2CCCC2)c2ncncc21. The highest BCUT2D eigenvalue weighted by molar-refractivity contribution is 6.01. The molecule has 2 heterocycles. The smallest absolute Gasteiger partial charge is 0.234 e. The number of hydrogen-bond donors (Lipinski definition) is 0. The van der Waals surface area contributed by atoms with E-state index in [1.807, 2.05) is 7.05 Å². The van der Waals surface area contributed by atoms with Gasteiger partial charge in [0.05, 0.1) is 11.6 Å². The molecular weight excluding hydrogens is 264 g/mol. The van der Waals surface area contributed by atoms with E-state index in [1.165, 1.54) is 32.1 Å². The van der Waals surface area contributed by atoms with Gasteiger partial charge in [0.25, 0.3) is 0 Å². The van der Waals surface area contributed by atoms with Crippen LogP contribution in [0, 0.1) is 5.41 Å². The van der Waals surface area contributed by atoms with Crippen molar-refractivity contribution in [3.63, 3.8) is 0 Å². The van der Waals surface area contributed by atoms with Gasteiger partial charge in [-0.25, -0.2) is 9.97 Å². The Morgan fingerprint density at radius 2 is 2.00 bits per heavy atom. The minimum absolute atomic E-state index is 0.182. The number of fused-ring (bicyclic) bond motifs is 1. The molecule has 2 saturated carbocycles. The Kier molecular flexibility index (Phi) is 2.91. The van der Waals surface area contributed by atoms with E-state index in [4.69, 9.17) is 0 Å². The van der Waals surface area contributed by atoms with Gasteiger partial charge >= 0.3 is 0 Å². The monoisotopic (exact) mass is 286 g/mol. The van der Waals surface area contributed by atoms with Gasteiger partial charge in [-0.15, -0.1) is 0 Å². The van der Waals surface area contributed by atoms with Crippen molar-refractivity contribution in [2.45, 2.75) is 51.0 Å². The number of anilines is 2. The Bertz CT molecular complexity index is 563. The molecule has 1 aliphatic heterocycles. The first-order valence-corrected chi connectivity index (χ1v) is 8.06. The first-order valence-electron chi connectivity index (χ1n) is 8.06. The van der Waals surface area contributed by atoms with Crippen molar-refractivity contribution in [1.29, 1.82) is 0 Å². The van der Waals surface area contributed by atoms with Crippen molar-refractivity contribution >= 4 is 17.4 Å². The first kappa shape index (κ1) is 13.0. The maximum absolute atomic E-state index is 12.9. The fraction of sp³-hybridized carbons (Fsp3) is 0.688. The summed E-state index contributed by atoms with van der Waals surface area (Å²) in [5.74, 6) is 1.21. The van der Waals surface area contributed by atoms with E-state index in [0.29, 0.717) is 6.04 Å². The van der Waals surface area contributed by atoms with Crippen molar-refractivity contribution in [2.24, 2.45) is 5.41 Å². The van der Waals surface area contributed by atoms with Crippen LogP contribution in [0.4, 0.5) is 11.5 Å². The number of amides is 1. The average molecular weight is 286 g/mol. The van der Waals surface area contributed by atoms with Gasteiger partial charge in [0.1, 0.15) is 12.0 Å². The molecule has 2 fully saturated rings. The number of nitrogens with zero attached hydrogens (tertiary/aromatic N) is 4. The molecule has 1 aromatic heterocycles. The van der Waals surface area contributed by atoms with E-state index >= 15 is 0 Å². The van der Waals surface area contributed by atoms with Crippen molar-refractivity contribution in [3.8, 4) is 0 Å². The number of carbonyl (C=O) groups excluding carboxylic acids is 1. The number of aromatic nitrogens is 2. The predicted molar refractivity (Wildman–Crippen MR) is 81.3 cm³/mol. The molecule has 0 atom stereocenters. The number of carbonyl (C=O) groups is 1. The average Bonchev–Trinajstić information content (AvgIpc) is 2.96. The van der Waals surface area contributed by atoms with Crippen molar-refractivity contribution < 1.29 is 4.79 Å². The Hall–Kier alpha value is -1.65. The van der Waals surface area contributed by atoms with Crippen LogP contribution in [0.25, 0.3) is 0 Å². The fourth-order valence-electron chi connectivity index (χ4n) is 4.20. The molecule has 0 bridgehead atoms. The maximum Gasteiger partial charge on any atom is 0.234 e. The molecule has 0 aromatic carbocycles. The first-order chi connectivity index (χ1) is 10.2. The van der Waals surface area contributed by atoms with Gasteiger partial charge in [-0.1, -0.05) is 19.3 Å². The Morgan fingerprint density at radius 3 is 2.67 bits per heavy atom. The zero-order chi connectivity index (χ0) is 14.4. The van der Waals surface area contributed by atoms with Crippen molar-refractivity contribution in [2.75, 3.05) is 23.4 Å². The molecule has 3 aliphatic rings. The largest absolute Gasteiger partial charge is 0.351 e. The van der Waals surface area contributed by atoms with E-state index < -0.39 is 0 Å². The molecule has 0 N–H and O–H groups in total. The van der Waals surface area contributed by atoms with Crippen molar-refractivity contribution in [3.05, 3.63) is 12.5 Å². The van der Waals surface area contributed by atoms with Gasteiger partial charge < -0.3 is 9.80 Å². The lowest BCUT2D eigenvalue weighted by molar-refractivity contribution is -0.131. The molecule has 1 spiro atoms. The second-order valence-electron chi connectivity index (χ2n) is 6.80. The number of rotatable bonds is 1. The lowest BCUT2D eigenvalue weighted by Crippen LogP contribution is -2.52. The predicted octanol–water partition coefficient (Wildman–Crippen LogP) is 2.37. The van der Waals surface area contributed by atoms with Crippen LogP contribution in [0.1, 0.15) is 44.9 Å². The summed E-state index contributed by atoms with van der Waals surface area (Å²) in [6, 6.07) is 0.537. The molecule has 1 amide bonds. The third-order valence-corrected chi connectivity index (χ3v) is 5.61. The van der Waals surface area contributed by atoms with Crippen LogP contribution in [0.3, 0.4) is 0 Å². The fourth-order valence-corrected chi connectivity index (χ4v) is 4.20. The maximum atomic E-state index is 12.9. The van der Waals surface area contributed by atoms with Gasteiger partial charge in [-0.05, 0) is 25.7 Å². The highest BCUT2D eigenvalue weighted by Gasteiger charge is 2.50. The quantitative estimate of drug-likeness (QED) is 0.795. The van der Waals surface area contributed by atoms with Gasteiger partial charge in [0, 0.05) is 19.6 Å². The highest BCUT2D eigenvalue weighted by Crippen LogP contribution is 2.48. The standard InChI is InChI=1S/C16H22N4O/c1-19-13-9-17-11-18-14(13)20(12-5-2-3-6-12)10-16(15(19)21)7-4-8-16/h9,11-12H,2-8,10H2,1H3. The lowest BCUT2D eigenvalue weighted by Gasteiger charge is -2.44. The Balaban J connectivity index is 1.80. The van der Waals surface area contributed by atoms with E-state index in [-0.39, 0.29) is 11.3 Å². The van der Waals surface area contributed by atoms with Crippen LogP contribution in [0.2, 0.25) is 0 Å². The van der Waals surface area contributed by atoms with Gasteiger partial charge in [0.15, 0.2) is 5.82 Å². The topological polar surface area (TPSA) is 49.3 Å². The third-order valence-electron chi connectivity index (χ3n) is 5.61. The van der Waals surface area contributed by atoms with Crippen LogP contribution >= 0.6 is 0 Å². The Labute approximate surface area is 125 Å². The number of hydrogen-bond acceptors (Lipinski definition) is 4. The lowest BCUT2D eigenvalue weighted by atomic mass is 9.67. The summed E-state index contributed by atoms with van der Waals surface area (Å²) in [7, 11) is 1.88. The molecular formula is C16H22N4O. The second-order valence-corrected chi connectivity index (χ2v) is 6.80. The molecule has 2 aliphatic carbocycles. The molecule has 5 nitrogen and oxygen atoms in total. The van der Waals surface area contributed by atoms with Crippen LogP contribution in [-0.2, 0) is 4.79 Å². The van der Waals surface area contributed by atoms with Gasteiger partial charge in [-0.3, -0.25) is 4.79 Å². The molecule has 4 rings (SSSR count). The molecule has 0 unspecified atom stereocenters. The van der Waals surface area contributed by atoms with Gasteiger partial charge in [0.2, 0.25) is 5.91 Å². The van der Waals surface area contributed by atoms with E-state index in [0.717, 1.165) is 30.9 Å². The summed E-state index contributed by atoms with van der Waals surface area (Å²) in [6.45, 7) is 0.838. The molecule has 21 heavy (non-hydrogen) atoms. The van der Waals surface area contributed by atoms with Gasteiger partial charge in [-0.2, -0.15) is 0 Å². The van der Waals surface area contributed by atoms with Crippen molar-refractivity contribution in [1.82, 2.24) is 9.97 Å². The molecule has 112 valence electrons. The van der Waals surface area contributed by atoms with Crippen LogP contribution in [0.15, 0.2) is 12.5 Å². The van der Waals surface area contributed by atoms with E-state index in [9.17, 15) is 4.79 Å². The normalized spacial score (nSPS) is 24.9. The minimum Gasteiger partial charge on any atom is -0.351 e. The summed E-state index contributed by atoms with van der Waals surface area (Å²) in [5.41, 5.74) is 0.691. The summed E-state index contributed by atoms with van der Waals surface area (Å²) in [6.07, 6.45) is 11.6. The Morgan fingerprint density at radius 1 is 1.24 bits per heavy atom. The van der Waals surface area contributed by atoms with E-state index in [2.05, 4.69) is 14.9 Å². The highest BCUT2D eigenvalue weighted by atomic mass is 16.2. The zero-order valence-corrected chi connectivity index (χ0v) is 12.6. The van der Waals surface area contributed by atoms with Crippen LogP contribution in [0.5, 0.6) is 0 Å². The molecule has 1 aromatic rings. The summed E-state index contributed by atoms with van der Waals surface area (Å²) in [5, 5.41) is 0. The second kappa shape index (κ2) is 4.68. The molecule has 0 radical (unpaired) electrons. The zero-order valence-electron chi connectivity index (χ0n) is 12.6. The summed E-state index contributed by atoms with van der Waals surface area (Å²) in [4.78, 5) is 25.8. The van der Waals surface area contributed by atoms with Crippen LogP contribution < -0.4 is 9.80 Å². The minimum atomic E-state index is -0.182. The van der Waals surface area contributed by atoms with E-state index in [1.54, 1.807) is 17.4 Å². The summed E-state index contributed by atoms with van der Waals surface area (Å²) >= 11 is 0. The molecule has 0 saturated heterocycles. The third kappa shape index (κ3) is 1.86. The molecule has 5 heteroatoms. The van der Waals surface area contributed by atoms with Crippen LogP contribution in [-0.4, -0.2) is 35.5 Å². The summed E-state index contributed by atoms with van der Waals surface area (Å²) < 4.78 is 0.